The number of aromatic amines is 1. The van der Waals surface area contributed by atoms with Crippen molar-refractivity contribution in [1.82, 2.24) is 30.4 Å². The molecule has 6 nitrogen and oxygen atoms in total. The Morgan fingerprint density at radius 2 is 2.25 bits per heavy atom. The molecule has 1 aliphatic rings. The maximum atomic E-state index is 4.56. The summed E-state index contributed by atoms with van der Waals surface area (Å²) in [6, 6.07) is 2.63. The first-order chi connectivity index (χ1) is 7.92. The predicted molar refractivity (Wildman–Crippen MR) is 56.7 cm³/mol. The second kappa shape index (κ2) is 4.03. The third-order valence-electron chi connectivity index (χ3n) is 3.09. The lowest BCUT2D eigenvalue weighted by molar-refractivity contribution is 0.463. The van der Waals surface area contributed by atoms with E-state index in [1.165, 1.54) is 25.7 Å². The van der Waals surface area contributed by atoms with E-state index >= 15 is 0 Å². The van der Waals surface area contributed by atoms with Crippen molar-refractivity contribution in [2.75, 3.05) is 0 Å². The molecule has 1 saturated carbocycles. The summed E-state index contributed by atoms with van der Waals surface area (Å²) in [5.74, 6) is 0.691. The second-order valence-corrected chi connectivity index (χ2v) is 4.23. The number of nitrogens with one attached hydrogen (secondary N) is 1. The third-order valence-corrected chi connectivity index (χ3v) is 3.09. The molecule has 0 aliphatic heterocycles. The van der Waals surface area contributed by atoms with Crippen LogP contribution < -0.4 is 0 Å². The highest BCUT2D eigenvalue weighted by Gasteiger charge is 2.17. The fourth-order valence-corrected chi connectivity index (χ4v) is 2.26. The molecule has 0 unspecified atom stereocenters. The molecule has 2 aromatic heterocycles. The zero-order chi connectivity index (χ0) is 10.8. The van der Waals surface area contributed by atoms with Crippen LogP contribution in [0.15, 0.2) is 12.3 Å². The summed E-state index contributed by atoms with van der Waals surface area (Å²) in [7, 11) is 0. The first-order valence-corrected chi connectivity index (χ1v) is 5.68. The van der Waals surface area contributed by atoms with E-state index in [0.29, 0.717) is 18.3 Å². The molecule has 0 amide bonds. The van der Waals surface area contributed by atoms with Gasteiger partial charge < -0.3 is 0 Å². The van der Waals surface area contributed by atoms with E-state index in [1.807, 2.05) is 6.07 Å². The highest BCUT2D eigenvalue weighted by molar-refractivity contribution is 5.06. The molecule has 84 valence electrons. The number of nitrogens with zero attached hydrogens (tertiary/aromatic N) is 5. The largest absolute Gasteiger partial charge is 0.269 e. The van der Waals surface area contributed by atoms with Gasteiger partial charge in [0, 0.05) is 6.20 Å². The Kier molecular flexibility index (Phi) is 2.40. The summed E-state index contributed by atoms with van der Waals surface area (Å²) in [6.45, 7) is 0. The van der Waals surface area contributed by atoms with Crippen LogP contribution in [-0.4, -0.2) is 30.4 Å². The molecule has 0 aromatic carbocycles. The molecule has 6 heteroatoms. The highest BCUT2D eigenvalue weighted by atomic mass is 15.5. The lowest BCUT2D eigenvalue weighted by atomic mass is 10.3. The molecule has 1 aliphatic carbocycles. The van der Waals surface area contributed by atoms with E-state index in [1.54, 1.807) is 0 Å². The Hall–Kier alpha value is -1.72. The van der Waals surface area contributed by atoms with Crippen LogP contribution in [0.25, 0.3) is 0 Å². The highest BCUT2D eigenvalue weighted by Crippen LogP contribution is 2.28. The summed E-state index contributed by atoms with van der Waals surface area (Å²) in [5, 5.41) is 18.4. The third kappa shape index (κ3) is 1.82. The quantitative estimate of drug-likeness (QED) is 0.837. The minimum atomic E-state index is 0.596. The Labute approximate surface area is 93.1 Å². The minimum Gasteiger partial charge on any atom is -0.269 e. The summed E-state index contributed by atoms with van der Waals surface area (Å²) < 4.78 is 2.09. The van der Waals surface area contributed by atoms with Gasteiger partial charge in [-0.3, -0.25) is 4.68 Å². The van der Waals surface area contributed by atoms with Gasteiger partial charge >= 0.3 is 0 Å². The van der Waals surface area contributed by atoms with Crippen molar-refractivity contribution < 1.29 is 0 Å². The van der Waals surface area contributed by atoms with Crippen molar-refractivity contribution in [1.29, 1.82) is 0 Å². The van der Waals surface area contributed by atoms with Crippen LogP contribution in [-0.2, 0) is 6.42 Å². The molecule has 2 heterocycles. The molecule has 0 saturated heterocycles. The van der Waals surface area contributed by atoms with Gasteiger partial charge in [0.05, 0.1) is 18.2 Å². The van der Waals surface area contributed by atoms with Crippen LogP contribution in [0.2, 0.25) is 0 Å². The molecule has 1 fully saturated rings. The van der Waals surface area contributed by atoms with E-state index < -0.39 is 0 Å². The average molecular weight is 218 g/mol. The zero-order valence-electron chi connectivity index (χ0n) is 9.00. The van der Waals surface area contributed by atoms with Crippen molar-refractivity contribution >= 4 is 0 Å². The number of H-pyrrole nitrogens is 1. The van der Waals surface area contributed by atoms with Crippen LogP contribution in [0, 0.1) is 0 Å². The lowest BCUT2D eigenvalue weighted by Crippen LogP contribution is -2.05. The molecule has 0 spiro atoms. The van der Waals surface area contributed by atoms with Crippen molar-refractivity contribution in [2.45, 2.75) is 38.1 Å². The number of hydrogen-bond acceptors (Lipinski definition) is 4. The molecule has 0 atom stereocenters. The van der Waals surface area contributed by atoms with E-state index in [0.717, 1.165) is 5.69 Å². The number of rotatable bonds is 3. The molecule has 16 heavy (non-hydrogen) atoms. The van der Waals surface area contributed by atoms with Gasteiger partial charge in [-0.15, -0.1) is 10.2 Å². The molecule has 0 radical (unpaired) electrons. The maximum absolute atomic E-state index is 4.56. The van der Waals surface area contributed by atoms with Gasteiger partial charge in [0.25, 0.3) is 0 Å². The van der Waals surface area contributed by atoms with Gasteiger partial charge in [0.15, 0.2) is 5.82 Å². The van der Waals surface area contributed by atoms with Crippen LogP contribution >= 0.6 is 0 Å². The Morgan fingerprint density at radius 1 is 1.38 bits per heavy atom. The molecular weight excluding hydrogens is 204 g/mol. The SMILES string of the molecule is c1cn(C2CCCC2)nc1Cc1nn[nH]n1. The van der Waals surface area contributed by atoms with Crippen LogP contribution in [0.1, 0.15) is 43.2 Å². The smallest absolute Gasteiger partial charge is 0.180 e. The minimum absolute atomic E-state index is 0.596. The monoisotopic (exact) mass is 218 g/mol. The van der Waals surface area contributed by atoms with Crippen LogP contribution in [0.3, 0.4) is 0 Å². The van der Waals surface area contributed by atoms with Gasteiger partial charge in [-0.25, -0.2) is 0 Å². The summed E-state index contributed by atoms with van der Waals surface area (Å²) in [5.41, 5.74) is 1.01. The Morgan fingerprint density at radius 3 is 3.00 bits per heavy atom. The van der Waals surface area contributed by atoms with Crippen molar-refractivity contribution in [3.63, 3.8) is 0 Å². The summed E-state index contributed by atoms with van der Waals surface area (Å²) in [6.07, 6.45) is 7.86. The van der Waals surface area contributed by atoms with Crippen molar-refractivity contribution in [3.05, 3.63) is 23.8 Å². The Balaban J connectivity index is 1.72. The molecule has 3 rings (SSSR count). The fraction of sp³-hybridized carbons (Fsp3) is 0.600. The predicted octanol–water partition coefficient (Wildman–Crippen LogP) is 1.10. The Bertz CT molecular complexity index is 440. The van der Waals surface area contributed by atoms with Gasteiger partial charge in [-0.2, -0.15) is 10.3 Å². The second-order valence-electron chi connectivity index (χ2n) is 4.23. The van der Waals surface area contributed by atoms with E-state index in [9.17, 15) is 0 Å². The fourth-order valence-electron chi connectivity index (χ4n) is 2.26. The first kappa shape index (κ1) is 9.50. The van der Waals surface area contributed by atoms with Gasteiger partial charge in [-0.1, -0.05) is 18.1 Å². The maximum Gasteiger partial charge on any atom is 0.180 e. The molecule has 1 N–H and O–H groups in total. The molecule has 2 aromatic rings. The number of aromatic nitrogens is 6. The lowest BCUT2D eigenvalue weighted by Gasteiger charge is -2.08. The van der Waals surface area contributed by atoms with E-state index in [2.05, 4.69) is 36.6 Å². The van der Waals surface area contributed by atoms with Crippen molar-refractivity contribution in [3.8, 4) is 0 Å². The number of hydrogen-bond donors (Lipinski definition) is 1. The van der Waals surface area contributed by atoms with Crippen LogP contribution in [0.5, 0.6) is 0 Å². The van der Waals surface area contributed by atoms with E-state index in [-0.39, 0.29) is 0 Å². The molecular formula is C10H14N6. The topological polar surface area (TPSA) is 72.3 Å². The summed E-state index contributed by atoms with van der Waals surface area (Å²) in [4.78, 5) is 0. The number of tetrazole rings is 1. The zero-order valence-corrected chi connectivity index (χ0v) is 9.00. The normalized spacial score (nSPS) is 17.0. The van der Waals surface area contributed by atoms with Crippen LogP contribution in [0.4, 0.5) is 0 Å². The van der Waals surface area contributed by atoms with Gasteiger partial charge in [-0.05, 0) is 18.9 Å². The standard InChI is InChI=1S/C10H14N6/c1-2-4-9(3-1)16-6-5-8(13-16)7-10-11-14-15-12-10/h5-6,9H,1-4,7H2,(H,11,12,14,15). The van der Waals surface area contributed by atoms with E-state index in [4.69, 9.17) is 0 Å². The average Bonchev–Trinajstić information content (AvgIpc) is 2.99. The van der Waals surface area contributed by atoms with Crippen molar-refractivity contribution in [2.24, 2.45) is 0 Å². The van der Waals surface area contributed by atoms with Gasteiger partial charge in [0.2, 0.25) is 0 Å². The van der Waals surface area contributed by atoms with Gasteiger partial charge in [0.1, 0.15) is 0 Å². The first-order valence-electron chi connectivity index (χ1n) is 5.68. The molecule has 0 bridgehead atoms. The summed E-state index contributed by atoms with van der Waals surface area (Å²) >= 11 is 0.